The van der Waals surface area contributed by atoms with Gasteiger partial charge in [-0.25, -0.2) is 0 Å². The van der Waals surface area contributed by atoms with Crippen LogP contribution in [0.3, 0.4) is 0 Å². The van der Waals surface area contributed by atoms with Gasteiger partial charge in [-0.1, -0.05) is 32.0 Å². The predicted octanol–water partition coefficient (Wildman–Crippen LogP) is 4.12. The SMILES string of the molecule is CCN(CCCNC(=O)CCCc1nnc2n(CC(C)C)c(=O)c3sccc3n12)c1ccccc1. The van der Waals surface area contributed by atoms with E-state index >= 15 is 0 Å². The highest BCUT2D eigenvalue weighted by molar-refractivity contribution is 7.17. The molecule has 3 heterocycles. The Hall–Kier alpha value is -3.20. The molecule has 0 atom stereocenters. The number of benzene rings is 1. The van der Waals surface area contributed by atoms with Crippen LogP contribution in [0.1, 0.15) is 45.9 Å². The number of para-hydroxylation sites is 1. The number of amides is 1. The van der Waals surface area contributed by atoms with Crippen LogP contribution >= 0.6 is 11.3 Å². The number of thiophene rings is 1. The van der Waals surface area contributed by atoms with Crippen LogP contribution in [0.5, 0.6) is 0 Å². The van der Waals surface area contributed by atoms with E-state index in [0.717, 1.165) is 30.9 Å². The van der Waals surface area contributed by atoms with E-state index in [1.165, 1.54) is 17.0 Å². The summed E-state index contributed by atoms with van der Waals surface area (Å²) in [6, 6.07) is 12.3. The molecule has 0 unspecified atom stereocenters. The number of anilines is 1. The highest BCUT2D eigenvalue weighted by atomic mass is 32.1. The number of nitrogens with one attached hydrogen (secondary N) is 1. The van der Waals surface area contributed by atoms with Crippen LogP contribution in [0.4, 0.5) is 5.69 Å². The largest absolute Gasteiger partial charge is 0.372 e. The number of aromatic nitrogens is 4. The number of aryl methyl sites for hydroxylation is 1. The summed E-state index contributed by atoms with van der Waals surface area (Å²) in [6.45, 7) is 9.40. The number of fused-ring (bicyclic) bond motifs is 3. The monoisotopic (exact) mass is 494 g/mol. The Morgan fingerprint density at radius 3 is 2.69 bits per heavy atom. The van der Waals surface area contributed by atoms with Gasteiger partial charge >= 0.3 is 0 Å². The molecule has 4 aromatic rings. The number of nitrogens with zero attached hydrogens (tertiary/aromatic N) is 5. The minimum Gasteiger partial charge on any atom is -0.372 e. The van der Waals surface area contributed by atoms with Crippen LogP contribution in [-0.2, 0) is 17.8 Å². The predicted molar refractivity (Wildman–Crippen MR) is 142 cm³/mol. The summed E-state index contributed by atoms with van der Waals surface area (Å²) in [7, 11) is 0. The van der Waals surface area contributed by atoms with Gasteiger partial charge in [-0.15, -0.1) is 21.5 Å². The molecule has 0 bridgehead atoms. The molecule has 0 spiro atoms. The van der Waals surface area contributed by atoms with Gasteiger partial charge in [-0.05, 0) is 49.3 Å². The number of carbonyl (C=O) groups is 1. The van der Waals surface area contributed by atoms with E-state index in [9.17, 15) is 9.59 Å². The van der Waals surface area contributed by atoms with Crippen LogP contribution < -0.4 is 15.8 Å². The second-order valence-electron chi connectivity index (χ2n) is 9.17. The van der Waals surface area contributed by atoms with Crippen molar-refractivity contribution in [2.45, 2.75) is 53.0 Å². The maximum atomic E-state index is 13.0. The Morgan fingerprint density at radius 1 is 1.14 bits per heavy atom. The van der Waals surface area contributed by atoms with Gasteiger partial charge in [0.05, 0.1) is 5.52 Å². The van der Waals surface area contributed by atoms with E-state index in [1.807, 2.05) is 34.0 Å². The van der Waals surface area contributed by atoms with Crippen molar-refractivity contribution in [2.75, 3.05) is 24.5 Å². The zero-order valence-electron chi connectivity index (χ0n) is 20.7. The fourth-order valence-electron chi connectivity index (χ4n) is 4.37. The van der Waals surface area contributed by atoms with E-state index in [0.29, 0.717) is 48.7 Å². The molecule has 0 saturated heterocycles. The van der Waals surface area contributed by atoms with Crippen molar-refractivity contribution >= 4 is 38.9 Å². The van der Waals surface area contributed by atoms with Gasteiger partial charge in [-0.3, -0.25) is 18.6 Å². The summed E-state index contributed by atoms with van der Waals surface area (Å²) in [5.74, 6) is 1.73. The topological polar surface area (TPSA) is 84.5 Å². The second-order valence-corrected chi connectivity index (χ2v) is 10.1. The van der Waals surface area contributed by atoms with Crippen LogP contribution in [0.25, 0.3) is 16.0 Å². The number of hydrogen-bond acceptors (Lipinski definition) is 6. The lowest BCUT2D eigenvalue weighted by Crippen LogP contribution is -2.29. The Morgan fingerprint density at radius 2 is 1.94 bits per heavy atom. The van der Waals surface area contributed by atoms with Gasteiger partial charge in [0.25, 0.3) is 5.56 Å². The first-order chi connectivity index (χ1) is 17.0. The minimum absolute atomic E-state index is 0.0107. The smallest absolute Gasteiger partial charge is 0.272 e. The average Bonchev–Trinajstić information content (AvgIpc) is 3.50. The molecule has 186 valence electrons. The summed E-state index contributed by atoms with van der Waals surface area (Å²) < 4.78 is 4.42. The third-order valence-corrected chi connectivity index (χ3v) is 6.95. The van der Waals surface area contributed by atoms with Crippen LogP contribution in [0.15, 0.2) is 46.6 Å². The number of carbonyl (C=O) groups excluding carboxylic acids is 1. The van der Waals surface area contributed by atoms with E-state index in [1.54, 1.807) is 4.57 Å². The quantitative estimate of drug-likeness (QED) is 0.300. The first-order valence-corrected chi connectivity index (χ1v) is 13.3. The van der Waals surface area contributed by atoms with Gasteiger partial charge < -0.3 is 10.2 Å². The van der Waals surface area contributed by atoms with Gasteiger partial charge in [0, 0.05) is 44.7 Å². The molecule has 1 N–H and O–H groups in total. The lowest BCUT2D eigenvalue weighted by atomic mass is 10.2. The van der Waals surface area contributed by atoms with Crippen LogP contribution in [-0.4, -0.2) is 44.7 Å². The van der Waals surface area contributed by atoms with Gasteiger partial charge in [0.2, 0.25) is 11.7 Å². The lowest BCUT2D eigenvalue weighted by Gasteiger charge is -2.23. The standard InChI is InChI=1S/C26H34N6O2S/c1-4-30(20-10-6-5-7-11-20)16-9-15-27-23(33)13-8-12-22-28-29-26-31(18-19(2)3)25(34)24-21(32(22)26)14-17-35-24/h5-7,10-11,14,17,19H,4,8-9,12-13,15-16,18H2,1-3H3,(H,27,33). The average molecular weight is 495 g/mol. The molecule has 0 aliphatic rings. The molecule has 9 heteroatoms. The highest BCUT2D eigenvalue weighted by Crippen LogP contribution is 2.21. The lowest BCUT2D eigenvalue weighted by molar-refractivity contribution is -0.121. The molecule has 4 rings (SSSR count). The van der Waals surface area contributed by atoms with Gasteiger partial charge in [-0.2, -0.15) is 0 Å². The maximum absolute atomic E-state index is 13.0. The molecule has 0 aliphatic carbocycles. The van der Waals surface area contributed by atoms with Gasteiger partial charge in [0.15, 0.2) is 0 Å². The van der Waals surface area contributed by atoms with Crippen molar-refractivity contribution in [1.82, 2.24) is 24.5 Å². The summed E-state index contributed by atoms with van der Waals surface area (Å²) in [6.07, 6.45) is 2.63. The van der Waals surface area contributed by atoms with Crippen molar-refractivity contribution in [2.24, 2.45) is 5.92 Å². The van der Waals surface area contributed by atoms with Crippen LogP contribution in [0, 0.1) is 5.92 Å². The fraction of sp³-hybridized carbons (Fsp3) is 0.462. The fourth-order valence-corrected chi connectivity index (χ4v) is 5.20. The molecule has 8 nitrogen and oxygen atoms in total. The number of hydrogen-bond donors (Lipinski definition) is 1. The molecule has 1 amide bonds. The molecule has 35 heavy (non-hydrogen) atoms. The van der Waals surface area contributed by atoms with E-state index in [4.69, 9.17) is 0 Å². The maximum Gasteiger partial charge on any atom is 0.272 e. The Balaban J connectivity index is 1.32. The minimum atomic E-state index is -0.0107. The summed E-state index contributed by atoms with van der Waals surface area (Å²) in [5.41, 5.74) is 2.04. The second kappa shape index (κ2) is 11.5. The molecular formula is C26H34N6O2S. The molecule has 0 aliphatic heterocycles. The molecule has 0 saturated carbocycles. The molecule has 1 aromatic carbocycles. The van der Waals surface area contributed by atoms with Crippen molar-refractivity contribution in [3.05, 3.63) is 58.0 Å². The zero-order valence-corrected chi connectivity index (χ0v) is 21.6. The third kappa shape index (κ3) is 5.73. The summed E-state index contributed by atoms with van der Waals surface area (Å²) in [4.78, 5) is 27.7. The van der Waals surface area contributed by atoms with E-state index in [2.05, 4.69) is 53.3 Å². The summed E-state index contributed by atoms with van der Waals surface area (Å²) in [5, 5.41) is 13.7. The highest BCUT2D eigenvalue weighted by Gasteiger charge is 2.18. The van der Waals surface area contributed by atoms with E-state index < -0.39 is 0 Å². The van der Waals surface area contributed by atoms with Crippen molar-refractivity contribution in [1.29, 1.82) is 0 Å². The van der Waals surface area contributed by atoms with E-state index in [-0.39, 0.29) is 11.5 Å². The Kier molecular flexibility index (Phi) is 8.17. The van der Waals surface area contributed by atoms with Crippen molar-refractivity contribution in [3.8, 4) is 0 Å². The first kappa shape index (κ1) is 24.9. The molecule has 0 fully saturated rings. The first-order valence-electron chi connectivity index (χ1n) is 12.4. The van der Waals surface area contributed by atoms with Crippen LogP contribution in [0.2, 0.25) is 0 Å². The Bertz CT molecular complexity index is 1320. The normalized spacial score (nSPS) is 11.5. The summed E-state index contributed by atoms with van der Waals surface area (Å²) >= 11 is 1.45. The Labute approximate surface area is 209 Å². The zero-order chi connectivity index (χ0) is 24.8. The molecule has 0 radical (unpaired) electrons. The molecule has 3 aromatic heterocycles. The molecular weight excluding hydrogens is 460 g/mol. The number of rotatable bonds is 12. The third-order valence-electron chi connectivity index (χ3n) is 6.06. The van der Waals surface area contributed by atoms with Crippen molar-refractivity contribution < 1.29 is 4.79 Å². The van der Waals surface area contributed by atoms with Crippen molar-refractivity contribution in [3.63, 3.8) is 0 Å². The van der Waals surface area contributed by atoms with Gasteiger partial charge in [0.1, 0.15) is 10.5 Å².